The van der Waals surface area contributed by atoms with Crippen LogP contribution < -0.4 is 9.64 Å². The zero-order chi connectivity index (χ0) is 21.1. The molecule has 0 bridgehead atoms. The van der Waals surface area contributed by atoms with Crippen molar-refractivity contribution in [1.29, 1.82) is 0 Å². The molecule has 2 heterocycles. The summed E-state index contributed by atoms with van der Waals surface area (Å²) in [6.45, 7) is 2.28. The highest BCUT2D eigenvalue weighted by molar-refractivity contribution is 5.96. The summed E-state index contributed by atoms with van der Waals surface area (Å²) in [5.41, 5.74) is 2.03. The molecular formula is C23H27N3O4. The molecule has 158 valence electrons. The number of nitro groups is 1. The van der Waals surface area contributed by atoms with Gasteiger partial charge in [-0.2, -0.15) is 0 Å². The number of piperidine rings is 1. The van der Waals surface area contributed by atoms with Crippen molar-refractivity contribution < 1.29 is 14.5 Å². The summed E-state index contributed by atoms with van der Waals surface area (Å²) in [5.74, 6) is 0.599. The van der Waals surface area contributed by atoms with Gasteiger partial charge in [0.25, 0.3) is 11.6 Å². The normalized spacial score (nSPS) is 19.0. The van der Waals surface area contributed by atoms with E-state index in [0.29, 0.717) is 17.8 Å². The van der Waals surface area contributed by atoms with E-state index in [1.807, 2.05) is 29.2 Å². The van der Waals surface area contributed by atoms with Crippen LogP contribution in [0, 0.1) is 10.1 Å². The third-order valence-corrected chi connectivity index (χ3v) is 6.11. The molecule has 0 saturated carbocycles. The summed E-state index contributed by atoms with van der Waals surface area (Å²) < 4.78 is 5.32. The highest BCUT2D eigenvalue weighted by Crippen LogP contribution is 2.36. The summed E-state index contributed by atoms with van der Waals surface area (Å²) in [6.07, 6.45) is 5.00. The molecule has 0 radical (unpaired) electrons. The van der Waals surface area contributed by atoms with Crippen molar-refractivity contribution in [1.82, 2.24) is 4.90 Å². The number of rotatable bonds is 5. The van der Waals surface area contributed by atoms with Crippen molar-refractivity contribution in [3.63, 3.8) is 0 Å². The average Bonchev–Trinajstić information content (AvgIpc) is 3.29. The molecule has 2 aliphatic rings. The molecule has 0 N–H and O–H groups in total. The molecule has 2 aliphatic heterocycles. The Morgan fingerprint density at radius 2 is 1.87 bits per heavy atom. The van der Waals surface area contributed by atoms with E-state index in [1.165, 1.54) is 6.07 Å². The minimum Gasteiger partial charge on any atom is -0.497 e. The molecule has 2 aromatic carbocycles. The summed E-state index contributed by atoms with van der Waals surface area (Å²) in [6, 6.07) is 12.6. The lowest BCUT2D eigenvalue weighted by Crippen LogP contribution is -2.31. The monoisotopic (exact) mass is 409 g/mol. The fraction of sp³-hybridized carbons (Fsp3) is 0.435. The van der Waals surface area contributed by atoms with Crippen LogP contribution in [-0.4, -0.2) is 42.5 Å². The minimum absolute atomic E-state index is 0.0138. The van der Waals surface area contributed by atoms with Crippen molar-refractivity contribution >= 4 is 17.3 Å². The fourth-order valence-corrected chi connectivity index (χ4v) is 4.58. The van der Waals surface area contributed by atoms with Crippen LogP contribution in [-0.2, 0) is 0 Å². The van der Waals surface area contributed by atoms with Crippen LogP contribution in [0.5, 0.6) is 5.75 Å². The number of nitrogens with zero attached hydrogens (tertiary/aromatic N) is 3. The molecule has 1 amide bonds. The zero-order valence-corrected chi connectivity index (χ0v) is 17.3. The zero-order valence-electron chi connectivity index (χ0n) is 17.3. The highest BCUT2D eigenvalue weighted by Gasteiger charge is 2.32. The number of methoxy groups -OCH3 is 1. The van der Waals surface area contributed by atoms with Crippen LogP contribution in [0.2, 0.25) is 0 Å². The van der Waals surface area contributed by atoms with Crippen molar-refractivity contribution in [3.8, 4) is 5.75 Å². The van der Waals surface area contributed by atoms with Gasteiger partial charge in [-0.1, -0.05) is 12.1 Å². The third-order valence-electron chi connectivity index (χ3n) is 6.11. The van der Waals surface area contributed by atoms with Gasteiger partial charge in [0.15, 0.2) is 0 Å². The number of ether oxygens (including phenoxy) is 1. The Bertz CT molecular complexity index is 940. The Morgan fingerprint density at radius 3 is 2.60 bits per heavy atom. The minimum atomic E-state index is -0.371. The molecule has 0 aliphatic carbocycles. The Labute approximate surface area is 176 Å². The van der Waals surface area contributed by atoms with Gasteiger partial charge in [-0.05, 0) is 61.9 Å². The number of amides is 1. The molecule has 2 saturated heterocycles. The first kappa shape index (κ1) is 20.2. The van der Waals surface area contributed by atoms with E-state index >= 15 is 0 Å². The van der Waals surface area contributed by atoms with Crippen molar-refractivity contribution in [2.24, 2.45) is 0 Å². The molecule has 1 atom stereocenters. The number of carbonyl (C=O) groups excluding carboxylic acids is 1. The fourth-order valence-electron chi connectivity index (χ4n) is 4.58. The average molecular weight is 409 g/mol. The number of hydrogen-bond acceptors (Lipinski definition) is 5. The number of benzene rings is 2. The summed E-state index contributed by atoms with van der Waals surface area (Å²) in [7, 11) is 1.62. The number of hydrogen-bond donors (Lipinski definition) is 0. The maximum Gasteiger partial charge on any atom is 0.293 e. The van der Waals surface area contributed by atoms with E-state index in [2.05, 4.69) is 4.90 Å². The Morgan fingerprint density at radius 1 is 1.07 bits per heavy atom. The third kappa shape index (κ3) is 3.97. The smallest absolute Gasteiger partial charge is 0.293 e. The number of nitro benzene ring substituents is 1. The van der Waals surface area contributed by atoms with Gasteiger partial charge in [-0.15, -0.1) is 0 Å². The van der Waals surface area contributed by atoms with Crippen LogP contribution in [0.1, 0.15) is 54.1 Å². The summed E-state index contributed by atoms with van der Waals surface area (Å²) in [4.78, 5) is 28.6. The highest BCUT2D eigenvalue weighted by atomic mass is 16.6. The second-order valence-electron chi connectivity index (χ2n) is 7.94. The van der Waals surface area contributed by atoms with Crippen LogP contribution in [0.3, 0.4) is 0 Å². The number of anilines is 1. The molecule has 7 nitrogen and oxygen atoms in total. The molecule has 2 fully saturated rings. The lowest BCUT2D eigenvalue weighted by Gasteiger charge is -2.29. The Hall–Kier alpha value is -3.09. The van der Waals surface area contributed by atoms with E-state index in [1.54, 1.807) is 19.2 Å². The molecule has 30 heavy (non-hydrogen) atoms. The number of carbonyl (C=O) groups is 1. The molecule has 0 unspecified atom stereocenters. The first-order valence-corrected chi connectivity index (χ1v) is 10.6. The first-order valence-electron chi connectivity index (χ1n) is 10.6. The van der Waals surface area contributed by atoms with Gasteiger partial charge in [0.05, 0.1) is 18.1 Å². The van der Waals surface area contributed by atoms with Crippen LogP contribution >= 0.6 is 0 Å². The number of likely N-dealkylation sites (tertiary alicyclic amines) is 1. The van der Waals surface area contributed by atoms with Gasteiger partial charge in [0.1, 0.15) is 11.4 Å². The first-order chi connectivity index (χ1) is 14.6. The van der Waals surface area contributed by atoms with E-state index in [-0.39, 0.29) is 22.6 Å². The molecule has 7 heteroatoms. The molecule has 4 rings (SSSR count). The molecule has 0 aromatic heterocycles. The van der Waals surface area contributed by atoms with Gasteiger partial charge < -0.3 is 14.5 Å². The predicted molar refractivity (Wildman–Crippen MR) is 115 cm³/mol. The SMILES string of the molecule is COc1cccc([C@@H]2CCCN2C(=O)c2ccc(N3CCCCC3)c([N+](=O)[O-])c2)c1. The van der Waals surface area contributed by atoms with E-state index in [9.17, 15) is 14.9 Å². The largest absolute Gasteiger partial charge is 0.497 e. The van der Waals surface area contributed by atoms with Gasteiger partial charge in [-0.25, -0.2) is 0 Å². The maximum absolute atomic E-state index is 13.3. The lowest BCUT2D eigenvalue weighted by atomic mass is 10.0. The second kappa shape index (κ2) is 8.73. The lowest BCUT2D eigenvalue weighted by molar-refractivity contribution is -0.384. The van der Waals surface area contributed by atoms with Gasteiger partial charge in [0, 0.05) is 31.3 Å². The Kier molecular flexibility index (Phi) is 5.88. The molecule has 0 spiro atoms. The Balaban J connectivity index is 1.61. The topological polar surface area (TPSA) is 75.9 Å². The van der Waals surface area contributed by atoms with E-state index in [0.717, 1.165) is 56.5 Å². The van der Waals surface area contributed by atoms with E-state index < -0.39 is 0 Å². The van der Waals surface area contributed by atoms with Crippen molar-refractivity contribution in [2.75, 3.05) is 31.6 Å². The maximum atomic E-state index is 13.3. The second-order valence-corrected chi connectivity index (χ2v) is 7.94. The van der Waals surface area contributed by atoms with Gasteiger partial charge >= 0.3 is 0 Å². The van der Waals surface area contributed by atoms with Crippen LogP contribution in [0.25, 0.3) is 0 Å². The van der Waals surface area contributed by atoms with Crippen LogP contribution in [0.15, 0.2) is 42.5 Å². The molecular weight excluding hydrogens is 382 g/mol. The van der Waals surface area contributed by atoms with Crippen LogP contribution in [0.4, 0.5) is 11.4 Å². The van der Waals surface area contributed by atoms with Gasteiger partial charge in [0.2, 0.25) is 0 Å². The van der Waals surface area contributed by atoms with E-state index in [4.69, 9.17) is 4.74 Å². The summed E-state index contributed by atoms with van der Waals surface area (Å²) in [5, 5.41) is 11.8. The predicted octanol–water partition coefficient (Wildman–Crippen LogP) is 4.57. The quantitative estimate of drug-likeness (QED) is 0.534. The standard InChI is InChI=1S/C23H27N3O4/c1-30-19-8-5-7-17(15-19)20-9-6-14-25(20)23(27)18-10-11-21(22(16-18)26(28)29)24-12-3-2-4-13-24/h5,7-8,10-11,15-16,20H,2-4,6,9,12-14H2,1H3/t20-/m0/s1. The summed E-state index contributed by atoms with van der Waals surface area (Å²) >= 11 is 0. The molecule has 2 aromatic rings. The van der Waals surface area contributed by atoms with Crippen molar-refractivity contribution in [2.45, 2.75) is 38.1 Å². The van der Waals surface area contributed by atoms with Crippen molar-refractivity contribution in [3.05, 3.63) is 63.7 Å². The van der Waals surface area contributed by atoms with Gasteiger partial charge in [-0.3, -0.25) is 14.9 Å².